The smallest absolute Gasteiger partial charge is 0.128 e. The molecule has 0 saturated carbocycles. The van der Waals surface area contributed by atoms with Crippen molar-refractivity contribution in [2.24, 2.45) is 5.73 Å². The fourth-order valence-electron chi connectivity index (χ4n) is 1.70. The van der Waals surface area contributed by atoms with E-state index in [1.165, 1.54) is 6.07 Å². The van der Waals surface area contributed by atoms with Gasteiger partial charge in [0, 0.05) is 30.4 Å². The second-order valence-corrected chi connectivity index (χ2v) is 3.54. The van der Waals surface area contributed by atoms with E-state index < -0.39 is 0 Å². The van der Waals surface area contributed by atoms with E-state index in [-0.39, 0.29) is 12.4 Å². The number of nitrogens with zero attached hydrogens (tertiary/aromatic N) is 2. The Morgan fingerprint density at radius 3 is 2.81 bits per heavy atom. The van der Waals surface area contributed by atoms with Crippen LogP contribution in [0, 0.1) is 5.82 Å². The number of hydrogen-bond acceptors (Lipinski definition) is 2. The van der Waals surface area contributed by atoms with Crippen molar-refractivity contribution in [3.8, 4) is 11.3 Å². The zero-order valence-corrected chi connectivity index (χ0v) is 9.15. The SMILES string of the molecule is CCn1nccc1-c1ccc(CN)c(F)c1. The van der Waals surface area contributed by atoms with Gasteiger partial charge in [-0.05, 0) is 19.1 Å². The molecule has 0 aliphatic rings. The van der Waals surface area contributed by atoms with E-state index in [9.17, 15) is 4.39 Å². The van der Waals surface area contributed by atoms with Crippen LogP contribution in [0.25, 0.3) is 11.3 Å². The van der Waals surface area contributed by atoms with Crippen molar-refractivity contribution in [1.82, 2.24) is 9.78 Å². The van der Waals surface area contributed by atoms with Crippen molar-refractivity contribution >= 4 is 0 Å². The Kier molecular flexibility index (Phi) is 3.01. The number of aryl methyl sites for hydroxylation is 1. The normalized spacial score (nSPS) is 10.7. The van der Waals surface area contributed by atoms with Crippen molar-refractivity contribution in [1.29, 1.82) is 0 Å². The molecule has 0 radical (unpaired) electrons. The Bertz CT molecular complexity index is 491. The maximum atomic E-state index is 13.6. The van der Waals surface area contributed by atoms with Gasteiger partial charge in [-0.1, -0.05) is 12.1 Å². The first-order valence-corrected chi connectivity index (χ1v) is 5.27. The lowest BCUT2D eigenvalue weighted by Gasteiger charge is -2.06. The van der Waals surface area contributed by atoms with Crippen molar-refractivity contribution in [3.05, 3.63) is 41.8 Å². The summed E-state index contributed by atoms with van der Waals surface area (Å²) < 4.78 is 15.4. The van der Waals surface area contributed by atoms with Gasteiger partial charge < -0.3 is 5.73 Å². The number of hydrogen-bond donors (Lipinski definition) is 1. The molecule has 0 aliphatic carbocycles. The van der Waals surface area contributed by atoms with Crippen molar-refractivity contribution < 1.29 is 4.39 Å². The quantitative estimate of drug-likeness (QED) is 0.859. The lowest BCUT2D eigenvalue weighted by Crippen LogP contribution is -2.02. The predicted octanol–water partition coefficient (Wildman–Crippen LogP) is 2.17. The van der Waals surface area contributed by atoms with Gasteiger partial charge in [-0.25, -0.2) is 4.39 Å². The first-order chi connectivity index (χ1) is 7.76. The number of benzene rings is 1. The highest BCUT2D eigenvalue weighted by molar-refractivity contribution is 5.59. The summed E-state index contributed by atoms with van der Waals surface area (Å²) in [6, 6.07) is 6.97. The van der Waals surface area contributed by atoms with Crippen molar-refractivity contribution in [2.75, 3.05) is 0 Å². The molecule has 0 spiro atoms. The highest BCUT2D eigenvalue weighted by Gasteiger charge is 2.07. The van der Waals surface area contributed by atoms with Crippen molar-refractivity contribution in [2.45, 2.75) is 20.0 Å². The molecule has 0 fully saturated rings. The third-order valence-corrected chi connectivity index (χ3v) is 2.58. The molecule has 2 rings (SSSR count). The molecule has 4 heteroatoms. The molecule has 2 N–H and O–H groups in total. The van der Waals surface area contributed by atoms with E-state index in [1.54, 1.807) is 12.3 Å². The minimum atomic E-state index is -0.260. The van der Waals surface area contributed by atoms with E-state index in [0.717, 1.165) is 17.8 Å². The van der Waals surface area contributed by atoms with Gasteiger partial charge in [0.2, 0.25) is 0 Å². The molecule has 0 bridgehead atoms. The Balaban J connectivity index is 2.45. The van der Waals surface area contributed by atoms with Gasteiger partial charge in [-0.2, -0.15) is 5.10 Å². The molecule has 16 heavy (non-hydrogen) atoms. The van der Waals surface area contributed by atoms with Gasteiger partial charge >= 0.3 is 0 Å². The van der Waals surface area contributed by atoms with Gasteiger partial charge in [0.1, 0.15) is 5.82 Å². The van der Waals surface area contributed by atoms with Crippen molar-refractivity contribution in [3.63, 3.8) is 0 Å². The molecular weight excluding hydrogens is 205 g/mol. The van der Waals surface area contributed by atoms with Crippen LogP contribution in [0.5, 0.6) is 0 Å². The van der Waals surface area contributed by atoms with E-state index in [4.69, 9.17) is 5.73 Å². The highest BCUT2D eigenvalue weighted by atomic mass is 19.1. The van der Waals surface area contributed by atoms with Crippen LogP contribution in [0.15, 0.2) is 30.5 Å². The molecule has 3 nitrogen and oxygen atoms in total. The van der Waals surface area contributed by atoms with E-state index in [0.29, 0.717) is 5.56 Å². The maximum absolute atomic E-state index is 13.6. The number of halogens is 1. The standard InChI is InChI=1S/C12H14FN3/c1-2-16-12(5-6-15-16)9-3-4-10(8-14)11(13)7-9/h3-7H,2,8,14H2,1H3. The lowest BCUT2D eigenvalue weighted by atomic mass is 10.1. The van der Waals surface area contributed by atoms with Crippen LogP contribution in [0.2, 0.25) is 0 Å². The second-order valence-electron chi connectivity index (χ2n) is 3.54. The number of rotatable bonds is 3. The van der Waals surface area contributed by atoms with Crippen LogP contribution in [-0.4, -0.2) is 9.78 Å². The van der Waals surface area contributed by atoms with Gasteiger partial charge in [-0.15, -0.1) is 0 Å². The molecule has 2 aromatic rings. The summed E-state index contributed by atoms with van der Waals surface area (Å²) in [4.78, 5) is 0. The molecule has 0 atom stereocenters. The summed E-state index contributed by atoms with van der Waals surface area (Å²) >= 11 is 0. The first kappa shape index (κ1) is 10.8. The van der Waals surface area contributed by atoms with Crippen LogP contribution in [0.3, 0.4) is 0 Å². The van der Waals surface area contributed by atoms with Crippen LogP contribution in [0.1, 0.15) is 12.5 Å². The Morgan fingerprint density at radius 1 is 1.38 bits per heavy atom. The average Bonchev–Trinajstić information content (AvgIpc) is 2.77. The molecule has 1 aromatic heterocycles. The van der Waals surface area contributed by atoms with Gasteiger partial charge in [0.15, 0.2) is 0 Å². The molecule has 1 aromatic carbocycles. The summed E-state index contributed by atoms with van der Waals surface area (Å²) in [7, 11) is 0. The molecular formula is C12H14FN3. The molecule has 0 saturated heterocycles. The number of nitrogens with two attached hydrogens (primary N) is 1. The largest absolute Gasteiger partial charge is 0.326 e. The first-order valence-electron chi connectivity index (χ1n) is 5.27. The molecule has 0 aliphatic heterocycles. The van der Waals surface area contributed by atoms with Gasteiger partial charge in [0.25, 0.3) is 0 Å². The summed E-state index contributed by atoms with van der Waals surface area (Å²) in [5.41, 5.74) is 7.70. The zero-order chi connectivity index (χ0) is 11.5. The number of aromatic nitrogens is 2. The maximum Gasteiger partial charge on any atom is 0.128 e. The summed E-state index contributed by atoms with van der Waals surface area (Å²) in [6.45, 7) is 2.99. The van der Waals surface area contributed by atoms with E-state index in [2.05, 4.69) is 5.10 Å². The summed E-state index contributed by atoms with van der Waals surface area (Å²) in [5.74, 6) is -0.260. The Hall–Kier alpha value is -1.68. The monoisotopic (exact) mass is 219 g/mol. The second kappa shape index (κ2) is 4.45. The van der Waals surface area contributed by atoms with Crippen LogP contribution in [0.4, 0.5) is 4.39 Å². The Labute approximate surface area is 93.7 Å². The van der Waals surface area contributed by atoms with Gasteiger partial charge in [-0.3, -0.25) is 4.68 Å². The van der Waals surface area contributed by atoms with Crippen LogP contribution < -0.4 is 5.73 Å². The van der Waals surface area contributed by atoms with E-state index >= 15 is 0 Å². The van der Waals surface area contributed by atoms with Crippen LogP contribution in [-0.2, 0) is 13.1 Å². The molecule has 84 valence electrons. The topological polar surface area (TPSA) is 43.8 Å². The average molecular weight is 219 g/mol. The summed E-state index contributed by atoms with van der Waals surface area (Å²) in [6.07, 6.45) is 1.72. The highest BCUT2D eigenvalue weighted by Crippen LogP contribution is 2.21. The third-order valence-electron chi connectivity index (χ3n) is 2.58. The zero-order valence-electron chi connectivity index (χ0n) is 9.15. The summed E-state index contributed by atoms with van der Waals surface area (Å²) in [5, 5.41) is 4.15. The van der Waals surface area contributed by atoms with Gasteiger partial charge in [0.05, 0.1) is 5.69 Å². The molecule has 0 amide bonds. The molecule has 0 unspecified atom stereocenters. The van der Waals surface area contributed by atoms with E-state index in [1.807, 2.05) is 23.7 Å². The van der Waals surface area contributed by atoms with Crippen LogP contribution >= 0.6 is 0 Å². The predicted molar refractivity (Wildman–Crippen MR) is 61.2 cm³/mol. The third kappa shape index (κ3) is 1.84. The fourth-order valence-corrected chi connectivity index (χ4v) is 1.70. The minimum Gasteiger partial charge on any atom is -0.326 e. The fraction of sp³-hybridized carbons (Fsp3) is 0.250. The minimum absolute atomic E-state index is 0.221. The Morgan fingerprint density at radius 2 is 2.19 bits per heavy atom. The lowest BCUT2D eigenvalue weighted by molar-refractivity contribution is 0.610. The molecule has 1 heterocycles.